The monoisotopic (exact) mass is 248 g/mol. The number of amides is 2. The van der Waals surface area contributed by atoms with E-state index in [-0.39, 0.29) is 18.6 Å². The molecule has 1 aliphatic rings. The molecule has 1 aromatic carbocycles. The van der Waals surface area contributed by atoms with Gasteiger partial charge in [-0.05, 0) is 25.0 Å². The number of nitrogens with one attached hydrogen (secondary N) is 1. The van der Waals surface area contributed by atoms with Crippen molar-refractivity contribution in [3.05, 3.63) is 34.9 Å². The number of hydrogen-bond donors (Lipinski definition) is 2. The number of aliphatic carboxylic acids is 1. The molecule has 2 amide bonds. The molecule has 0 aliphatic carbocycles. The first-order valence-corrected chi connectivity index (χ1v) is 5.82. The molecule has 96 valence electrons. The third-order valence-electron chi connectivity index (χ3n) is 3.11. The zero-order chi connectivity index (χ0) is 13.3. The highest BCUT2D eigenvalue weighted by Crippen LogP contribution is 2.23. The van der Waals surface area contributed by atoms with E-state index in [1.165, 1.54) is 10.5 Å². The molecule has 1 atom stereocenters. The molecule has 2 N–H and O–H groups in total. The first-order valence-electron chi connectivity index (χ1n) is 5.82. The number of carboxylic acids is 1. The van der Waals surface area contributed by atoms with E-state index < -0.39 is 5.97 Å². The Morgan fingerprint density at radius 1 is 1.50 bits per heavy atom. The molecule has 1 fully saturated rings. The Kier molecular flexibility index (Phi) is 3.23. The van der Waals surface area contributed by atoms with E-state index >= 15 is 0 Å². The maximum Gasteiger partial charge on any atom is 0.323 e. The van der Waals surface area contributed by atoms with Gasteiger partial charge >= 0.3 is 12.0 Å². The van der Waals surface area contributed by atoms with Crippen LogP contribution in [-0.2, 0) is 4.79 Å². The van der Waals surface area contributed by atoms with Crippen LogP contribution >= 0.6 is 0 Å². The Balaban J connectivity index is 2.16. The van der Waals surface area contributed by atoms with Crippen LogP contribution in [0.3, 0.4) is 0 Å². The number of carbonyl (C=O) groups excluding carboxylic acids is 1. The maximum atomic E-state index is 11.6. The molecule has 1 unspecified atom stereocenters. The summed E-state index contributed by atoms with van der Waals surface area (Å²) in [5, 5.41) is 11.5. The molecule has 0 bridgehead atoms. The molecule has 2 rings (SSSR count). The Hall–Kier alpha value is -2.04. The van der Waals surface area contributed by atoms with Crippen LogP contribution in [0.4, 0.5) is 4.79 Å². The topological polar surface area (TPSA) is 69.6 Å². The lowest BCUT2D eigenvalue weighted by Gasteiger charge is -2.14. The predicted molar refractivity (Wildman–Crippen MR) is 66.4 cm³/mol. The lowest BCUT2D eigenvalue weighted by molar-refractivity contribution is -0.137. The summed E-state index contributed by atoms with van der Waals surface area (Å²) in [5.74, 6) is -0.994. The van der Waals surface area contributed by atoms with Crippen molar-refractivity contribution in [2.45, 2.75) is 19.9 Å². The fourth-order valence-corrected chi connectivity index (χ4v) is 2.28. The summed E-state index contributed by atoms with van der Waals surface area (Å²) in [5.41, 5.74) is 3.32. The molecule has 1 aromatic rings. The second-order valence-corrected chi connectivity index (χ2v) is 4.64. The molecule has 18 heavy (non-hydrogen) atoms. The van der Waals surface area contributed by atoms with E-state index in [1.54, 1.807) is 0 Å². The van der Waals surface area contributed by atoms with Gasteiger partial charge in [0.2, 0.25) is 0 Å². The number of rotatable bonds is 3. The van der Waals surface area contributed by atoms with E-state index in [0.29, 0.717) is 6.54 Å². The summed E-state index contributed by atoms with van der Waals surface area (Å²) in [6.07, 6.45) is 0. The van der Waals surface area contributed by atoms with Crippen molar-refractivity contribution in [3.63, 3.8) is 0 Å². The number of nitrogens with zero attached hydrogens (tertiary/aromatic N) is 1. The lowest BCUT2D eigenvalue weighted by atomic mass is 10.00. The van der Waals surface area contributed by atoms with Gasteiger partial charge in [0.25, 0.3) is 0 Å². The molecular formula is C13H16N2O3. The van der Waals surface area contributed by atoms with Gasteiger partial charge in [-0.2, -0.15) is 0 Å². The van der Waals surface area contributed by atoms with Crippen molar-refractivity contribution in [1.29, 1.82) is 0 Å². The van der Waals surface area contributed by atoms with Crippen LogP contribution in [0.5, 0.6) is 0 Å². The van der Waals surface area contributed by atoms with Gasteiger partial charge in [0.1, 0.15) is 6.54 Å². The number of aryl methyl sites for hydroxylation is 2. The van der Waals surface area contributed by atoms with Crippen LogP contribution in [0.2, 0.25) is 0 Å². The van der Waals surface area contributed by atoms with Crippen LogP contribution in [0.25, 0.3) is 0 Å². The second kappa shape index (κ2) is 4.68. The van der Waals surface area contributed by atoms with E-state index in [9.17, 15) is 9.59 Å². The minimum absolute atomic E-state index is 0.127. The summed E-state index contributed by atoms with van der Waals surface area (Å²) in [7, 11) is 0. The largest absolute Gasteiger partial charge is 0.480 e. The molecule has 5 nitrogen and oxygen atoms in total. The number of carbonyl (C=O) groups is 2. The third kappa shape index (κ3) is 2.45. The molecule has 0 saturated carbocycles. The number of carboxylic acid groups (broad SMARTS) is 1. The van der Waals surface area contributed by atoms with Gasteiger partial charge in [0, 0.05) is 6.54 Å². The molecule has 5 heteroatoms. The van der Waals surface area contributed by atoms with Crippen molar-refractivity contribution in [1.82, 2.24) is 10.2 Å². The summed E-state index contributed by atoms with van der Waals surface area (Å²) in [6.45, 7) is 4.15. The second-order valence-electron chi connectivity index (χ2n) is 4.64. The average Bonchev–Trinajstić information content (AvgIpc) is 2.59. The van der Waals surface area contributed by atoms with Gasteiger partial charge < -0.3 is 15.3 Å². The minimum atomic E-state index is -0.994. The highest BCUT2D eigenvalue weighted by Gasteiger charge is 2.31. The summed E-state index contributed by atoms with van der Waals surface area (Å²) >= 11 is 0. The fraction of sp³-hybridized carbons (Fsp3) is 0.385. The number of hydrogen-bond acceptors (Lipinski definition) is 2. The normalized spacial score (nSPS) is 18.9. The van der Waals surface area contributed by atoms with E-state index in [1.807, 2.05) is 26.0 Å². The lowest BCUT2D eigenvalue weighted by Crippen LogP contribution is -2.32. The molecular weight excluding hydrogens is 232 g/mol. The van der Waals surface area contributed by atoms with Crippen molar-refractivity contribution in [2.75, 3.05) is 13.1 Å². The first kappa shape index (κ1) is 12.4. The smallest absolute Gasteiger partial charge is 0.323 e. The Bertz CT molecular complexity index is 499. The first-order chi connectivity index (χ1) is 8.47. The predicted octanol–water partition coefficient (Wildman–Crippen LogP) is 1.45. The van der Waals surface area contributed by atoms with Gasteiger partial charge in [-0.25, -0.2) is 4.79 Å². The van der Waals surface area contributed by atoms with Crippen LogP contribution < -0.4 is 5.32 Å². The van der Waals surface area contributed by atoms with E-state index in [4.69, 9.17) is 5.11 Å². The fourth-order valence-electron chi connectivity index (χ4n) is 2.28. The van der Waals surface area contributed by atoms with Crippen LogP contribution in [0, 0.1) is 13.8 Å². The minimum Gasteiger partial charge on any atom is -0.480 e. The maximum absolute atomic E-state index is 11.6. The quantitative estimate of drug-likeness (QED) is 0.850. The van der Waals surface area contributed by atoms with Crippen LogP contribution in [0.15, 0.2) is 18.2 Å². The molecule has 1 aliphatic heterocycles. The van der Waals surface area contributed by atoms with E-state index in [2.05, 4.69) is 11.4 Å². The summed E-state index contributed by atoms with van der Waals surface area (Å²) in [6, 6.07) is 5.59. The van der Waals surface area contributed by atoms with Crippen molar-refractivity contribution in [2.24, 2.45) is 0 Å². The van der Waals surface area contributed by atoms with Gasteiger partial charge in [-0.1, -0.05) is 23.8 Å². The van der Waals surface area contributed by atoms with Crippen molar-refractivity contribution < 1.29 is 14.7 Å². The zero-order valence-electron chi connectivity index (χ0n) is 10.4. The number of urea groups is 1. The van der Waals surface area contributed by atoms with Crippen molar-refractivity contribution >= 4 is 12.0 Å². The van der Waals surface area contributed by atoms with Crippen molar-refractivity contribution in [3.8, 4) is 0 Å². The Morgan fingerprint density at radius 2 is 2.22 bits per heavy atom. The molecule has 1 saturated heterocycles. The standard InChI is InChI=1S/C13H16N2O3/c1-8-3-4-10(9(2)5-8)11-6-15(7-12(16)17)13(18)14-11/h3-5,11H,6-7H2,1-2H3,(H,14,18)(H,16,17). The molecule has 0 spiro atoms. The van der Waals surface area contributed by atoms with E-state index in [0.717, 1.165) is 11.1 Å². The third-order valence-corrected chi connectivity index (χ3v) is 3.11. The SMILES string of the molecule is Cc1ccc(C2CN(CC(=O)O)C(=O)N2)c(C)c1. The molecule has 1 heterocycles. The highest BCUT2D eigenvalue weighted by atomic mass is 16.4. The van der Waals surface area contributed by atoms with Gasteiger partial charge in [-0.3, -0.25) is 4.79 Å². The van der Waals surface area contributed by atoms with Gasteiger partial charge in [0.05, 0.1) is 6.04 Å². The highest BCUT2D eigenvalue weighted by molar-refractivity contribution is 5.82. The number of benzene rings is 1. The Morgan fingerprint density at radius 3 is 2.83 bits per heavy atom. The summed E-state index contributed by atoms with van der Waals surface area (Å²) in [4.78, 5) is 23.6. The molecule has 0 aromatic heterocycles. The molecule has 0 radical (unpaired) electrons. The van der Waals surface area contributed by atoms with Crippen LogP contribution in [0.1, 0.15) is 22.7 Å². The average molecular weight is 248 g/mol. The van der Waals surface area contributed by atoms with Gasteiger partial charge in [0.15, 0.2) is 0 Å². The summed E-state index contributed by atoms with van der Waals surface area (Å²) < 4.78 is 0. The zero-order valence-corrected chi connectivity index (χ0v) is 10.4. The van der Waals surface area contributed by atoms with Gasteiger partial charge in [-0.15, -0.1) is 0 Å². The van der Waals surface area contributed by atoms with Crippen LogP contribution in [-0.4, -0.2) is 35.1 Å². The Labute approximate surface area is 105 Å².